The van der Waals surface area contributed by atoms with Gasteiger partial charge in [-0.15, -0.1) is 0 Å². The van der Waals surface area contributed by atoms with Crippen LogP contribution in [0.1, 0.15) is 60.3 Å². The average Bonchev–Trinajstić information content (AvgIpc) is 3.90. The van der Waals surface area contributed by atoms with Crippen LogP contribution in [0.2, 0.25) is 0 Å². The van der Waals surface area contributed by atoms with Crippen LogP contribution in [0, 0.1) is 12.8 Å². The summed E-state index contributed by atoms with van der Waals surface area (Å²) >= 11 is 1.35. The van der Waals surface area contributed by atoms with E-state index in [1.54, 1.807) is 6.07 Å². The number of aromatic nitrogens is 3. The molecule has 11 nitrogen and oxygen atoms in total. The zero-order valence-electron chi connectivity index (χ0n) is 24.6. The summed E-state index contributed by atoms with van der Waals surface area (Å²) in [6.07, 6.45) is 6.39. The van der Waals surface area contributed by atoms with Crippen LogP contribution in [0.4, 0.5) is 5.13 Å². The number of benzene rings is 2. The van der Waals surface area contributed by atoms with E-state index < -0.39 is 26.9 Å². The molecule has 232 valence electrons. The van der Waals surface area contributed by atoms with Crippen molar-refractivity contribution in [2.24, 2.45) is 5.92 Å². The molecule has 2 aliphatic carbocycles. The number of carbonyl (C=O) groups excluding carboxylic acids is 1. The Morgan fingerprint density at radius 2 is 1.87 bits per heavy atom. The maximum Gasteiger partial charge on any atom is 0.439 e. The summed E-state index contributed by atoms with van der Waals surface area (Å²) in [5, 5.41) is 4.00. The lowest BCUT2D eigenvalue weighted by atomic mass is 9.95. The van der Waals surface area contributed by atoms with Gasteiger partial charge in [-0.05, 0) is 68.2 Å². The number of amides is 1. The maximum atomic E-state index is 13.3. The second-order valence-corrected chi connectivity index (χ2v) is 14.7. The van der Waals surface area contributed by atoms with Crippen molar-refractivity contribution in [2.75, 3.05) is 11.4 Å². The SMILES string of the molecule is Cc1ccc(-c2noc(=O)[nH]2)c(-c2ccc([C@@H](C)N(CC3CC3)c3nc(C(=O)NS(=O)(=O)C4CC4)c(-c4ccoc4)s3)cc2)c1. The molecular weight excluding hydrogens is 615 g/mol. The molecule has 13 heteroatoms. The predicted octanol–water partition coefficient (Wildman–Crippen LogP) is 5.92. The summed E-state index contributed by atoms with van der Waals surface area (Å²) in [6.45, 7) is 4.86. The van der Waals surface area contributed by atoms with Gasteiger partial charge in [0.2, 0.25) is 10.0 Å². The van der Waals surface area contributed by atoms with Gasteiger partial charge >= 0.3 is 5.76 Å². The van der Waals surface area contributed by atoms with Crippen LogP contribution in [0.15, 0.2) is 74.8 Å². The molecule has 3 aromatic heterocycles. The van der Waals surface area contributed by atoms with E-state index >= 15 is 0 Å². The van der Waals surface area contributed by atoms with E-state index in [2.05, 4.69) is 38.8 Å². The maximum absolute atomic E-state index is 13.3. The second-order valence-electron chi connectivity index (χ2n) is 11.7. The molecular formula is C32H31N5O6S2. The largest absolute Gasteiger partial charge is 0.472 e. The Morgan fingerprint density at radius 1 is 1.09 bits per heavy atom. The van der Waals surface area contributed by atoms with Gasteiger partial charge in [0.15, 0.2) is 11.0 Å². The van der Waals surface area contributed by atoms with E-state index in [0.29, 0.717) is 40.2 Å². The van der Waals surface area contributed by atoms with Crippen molar-refractivity contribution in [1.82, 2.24) is 19.8 Å². The molecule has 0 unspecified atom stereocenters. The van der Waals surface area contributed by atoms with Crippen molar-refractivity contribution in [2.45, 2.75) is 50.8 Å². The van der Waals surface area contributed by atoms with Gasteiger partial charge in [-0.3, -0.25) is 14.3 Å². The molecule has 0 saturated heterocycles. The highest BCUT2D eigenvalue weighted by atomic mass is 32.2. The van der Waals surface area contributed by atoms with Gasteiger partial charge in [0, 0.05) is 17.7 Å². The molecule has 1 atom stereocenters. The normalized spacial score (nSPS) is 15.6. The van der Waals surface area contributed by atoms with Gasteiger partial charge in [-0.2, -0.15) is 0 Å². The fourth-order valence-electron chi connectivity index (χ4n) is 5.37. The third-order valence-corrected chi connectivity index (χ3v) is 11.2. The van der Waals surface area contributed by atoms with Crippen molar-refractivity contribution in [3.8, 4) is 33.0 Å². The van der Waals surface area contributed by atoms with Gasteiger partial charge < -0.3 is 9.32 Å². The van der Waals surface area contributed by atoms with E-state index in [1.807, 2.05) is 37.3 Å². The molecule has 2 N–H and O–H groups in total. The Labute approximate surface area is 263 Å². The molecule has 2 aliphatic rings. The third kappa shape index (κ3) is 6.09. The molecule has 5 aromatic rings. The number of carbonyl (C=O) groups is 1. The van der Waals surface area contributed by atoms with Crippen LogP contribution in [-0.4, -0.2) is 41.2 Å². The topological polar surface area (TPSA) is 151 Å². The number of aryl methyl sites for hydroxylation is 1. The quantitative estimate of drug-likeness (QED) is 0.178. The lowest BCUT2D eigenvalue weighted by Gasteiger charge is -2.29. The third-order valence-electron chi connectivity index (χ3n) is 8.25. The number of nitrogens with zero attached hydrogens (tertiary/aromatic N) is 3. The number of rotatable bonds is 11. The summed E-state index contributed by atoms with van der Waals surface area (Å²) in [5.74, 6) is -0.462. The zero-order valence-corrected chi connectivity index (χ0v) is 26.3. The first-order chi connectivity index (χ1) is 21.7. The molecule has 0 bridgehead atoms. The first-order valence-corrected chi connectivity index (χ1v) is 17.2. The van der Waals surface area contributed by atoms with Gasteiger partial charge in [-0.1, -0.05) is 64.5 Å². The number of hydrogen-bond acceptors (Lipinski definition) is 10. The number of H-pyrrole nitrogens is 1. The van der Waals surface area contributed by atoms with Crippen molar-refractivity contribution in [3.63, 3.8) is 0 Å². The highest BCUT2D eigenvalue weighted by Crippen LogP contribution is 2.42. The molecule has 1 amide bonds. The van der Waals surface area contributed by atoms with Crippen molar-refractivity contribution in [3.05, 3.63) is 88.4 Å². The van der Waals surface area contributed by atoms with Crippen LogP contribution < -0.4 is 15.4 Å². The van der Waals surface area contributed by atoms with Gasteiger partial charge in [0.1, 0.15) is 5.69 Å². The highest BCUT2D eigenvalue weighted by Gasteiger charge is 2.38. The zero-order chi connectivity index (χ0) is 31.3. The fourth-order valence-corrected chi connectivity index (χ4v) is 7.78. The van der Waals surface area contributed by atoms with E-state index in [9.17, 15) is 18.0 Å². The molecule has 3 heterocycles. The molecule has 45 heavy (non-hydrogen) atoms. The number of nitrogens with one attached hydrogen (secondary N) is 2. The van der Waals surface area contributed by atoms with E-state index in [-0.39, 0.29) is 11.7 Å². The Hall–Kier alpha value is -4.49. The number of thiazole rings is 1. The van der Waals surface area contributed by atoms with Crippen LogP contribution in [0.3, 0.4) is 0 Å². The van der Waals surface area contributed by atoms with Crippen molar-refractivity contribution in [1.29, 1.82) is 0 Å². The average molecular weight is 646 g/mol. The Kier molecular flexibility index (Phi) is 7.44. The second kappa shape index (κ2) is 11.5. The minimum Gasteiger partial charge on any atom is -0.472 e. The molecule has 0 radical (unpaired) electrons. The number of aromatic amines is 1. The summed E-state index contributed by atoms with van der Waals surface area (Å²) in [6, 6.07) is 15.8. The van der Waals surface area contributed by atoms with Gasteiger partial charge in [-0.25, -0.2) is 22.9 Å². The number of sulfonamides is 1. The molecule has 2 fully saturated rings. The van der Waals surface area contributed by atoms with Gasteiger partial charge in [0.25, 0.3) is 5.91 Å². The molecule has 0 spiro atoms. The molecule has 7 rings (SSSR count). The van der Waals surface area contributed by atoms with Crippen LogP contribution in [-0.2, 0) is 10.0 Å². The minimum absolute atomic E-state index is 0.0712. The van der Waals surface area contributed by atoms with Crippen molar-refractivity contribution >= 4 is 32.4 Å². The Bertz CT molecular complexity index is 2020. The standard InChI is InChI=1S/C32H31N5O6S2/c1-18-3-12-25(29-34-32(39)43-35-29)26(15-18)22-8-6-21(7-9-22)19(2)37(16-20-4-5-20)31-33-27(28(44-31)23-13-14-42-17-23)30(38)36-45(40,41)24-10-11-24/h3,6-9,12-15,17,19-20,24H,4-5,10-11,16H2,1-2H3,(H,36,38)(H,34,35,39)/t19-/m1/s1. The minimum atomic E-state index is -3.75. The lowest BCUT2D eigenvalue weighted by molar-refractivity contribution is 0.0978. The summed E-state index contributed by atoms with van der Waals surface area (Å²) in [5.41, 5.74) is 5.47. The van der Waals surface area contributed by atoms with E-state index in [0.717, 1.165) is 47.2 Å². The fraction of sp³-hybridized carbons (Fsp3) is 0.312. The van der Waals surface area contributed by atoms with Gasteiger partial charge in [0.05, 0.1) is 28.7 Å². The molecule has 2 saturated carbocycles. The first-order valence-electron chi connectivity index (χ1n) is 14.8. The Balaban J connectivity index is 1.21. The predicted molar refractivity (Wildman–Crippen MR) is 170 cm³/mol. The summed E-state index contributed by atoms with van der Waals surface area (Å²) in [7, 11) is -3.75. The number of anilines is 1. The smallest absolute Gasteiger partial charge is 0.439 e. The monoisotopic (exact) mass is 645 g/mol. The Morgan fingerprint density at radius 3 is 2.51 bits per heavy atom. The summed E-state index contributed by atoms with van der Waals surface area (Å²) < 4.78 is 37.5. The van der Waals surface area contributed by atoms with Crippen LogP contribution in [0.5, 0.6) is 0 Å². The summed E-state index contributed by atoms with van der Waals surface area (Å²) in [4.78, 5) is 35.1. The number of hydrogen-bond donors (Lipinski definition) is 2. The van der Waals surface area contributed by atoms with Crippen molar-refractivity contribution < 1.29 is 22.2 Å². The van der Waals surface area contributed by atoms with Crippen LogP contribution in [0.25, 0.3) is 33.0 Å². The highest BCUT2D eigenvalue weighted by molar-refractivity contribution is 7.91. The van der Waals surface area contributed by atoms with E-state index in [4.69, 9.17) is 13.9 Å². The lowest BCUT2D eigenvalue weighted by Crippen LogP contribution is -2.34. The first kappa shape index (κ1) is 29.2. The number of furan rings is 1. The van der Waals surface area contributed by atoms with Crippen LogP contribution >= 0.6 is 11.3 Å². The molecule has 2 aromatic carbocycles. The van der Waals surface area contributed by atoms with E-state index in [1.165, 1.54) is 23.9 Å². The molecule has 0 aliphatic heterocycles.